The van der Waals surface area contributed by atoms with Gasteiger partial charge in [0.2, 0.25) is 0 Å². The van der Waals surface area contributed by atoms with Gasteiger partial charge in [-0.3, -0.25) is 4.79 Å². The van der Waals surface area contributed by atoms with Crippen molar-refractivity contribution in [3.05, 3.63) is 17.2 Å². The first kappa shape index (κ1) is 17.9. The van der Waals surface area contributed by atoms with Gasteiger partial charge in [0.15, 0.2) is 11.5 Å². The van der Waals surface area contributed by atoms with E-state index >= 15 is 0 Å². The van der Waals surface area contributed by atoms with Crippen molar-refractivity contribution in [3.8, 4) is 11.5 Å². The van der Waals surface area contributed by atoms with Crippen molar-refractivity contribution in [2.75, 3.05) is 32.6 Å². The van der Waals surface area contributed by atoms with Gasteiger partial charge in [-0.25, -0.2) is 0 Å². The van der Waals surface area contributed by atoms with Crippen molar-refractivity contribution in [2.45, 2.75) is 45.2 Å². The Morgan fingerprint density at radius 2 is 1.88 bits per heavy atom. The van der Waals surface area contributed by atoms with Gasteiger partial charge in [0, 0.05) is 5.56 Å². The zero-order valence-electron chi connectivity index (χ0n) is 15.6. The van der Waals surface area contributed by atoms with E-state index in [1.165, 1.54) is 12.8 Å². The largest absolute Gasteiger partial charge is 0.493 e. The van der Waals surface area contributed by atoms with Crippen molar-refractivity contribution in [2.24, 2.45) is 5.92 Å². The van der Waals surface area contributed by atoms with Crippen LogP contribution < -0.4 is 25.4 Å². The number of fused-ring (bicyclic) bond motifs is 1. The summed E-state index contributed by atoms with van der Waals surface area (Å²) in [6.07, 6.45) is 4.35. The molecule has 25 heavy (non-hydrogen) atoms. The summed E-state index contributed by atoms with van der Waals surface area (Å²) in [6, 6.07) is 1.76. The molecule has 0 saturated carbocycles. The van der Waals surface area contributed by atoms with E-state index in [0.29, 0.717) is 17.2 Å². The number of methoxy groups -OCH3 is 2. The number of rotatable bonds is 5. The average Bonchev–Trinajstić information content (AvgIpc) is 2.59. The molecule has 0 radical (unpaired) electrons. The van der Waals surface area contributed by atoms with Gasteiger partial charge in [0.05, 0.1) is 25.5 Å². The minimum absolute atomic E-state index is 0.0807. The maximum absolute atomic E-state index is 12.6. The summed E-state index contributed by atoms with van der Waals surface area (Å²) in [5.41, 5.74) is 2.05. The third-order valence-corrected chi connectivity index (χ3v) is 5.14. The van der Waals surface area contributed by atoms with Crippen LogP contribution in [0.2, 0.25) is 0 Å². The molecule has 3 N–H and O–H groups in total. The minimum atomic E-state index is -0.493. The lowest BCUT2D eigenvalue weighted by Gasteiger charge is -2.36. The van der Waals surface area contributed by atoms with Crippen LogP contribution in [0.4, 0.5) is 5.69 Å². The maximum atomic E-state index is 12.6. The number of carbonyl (C=O) groups is 1. The zero-order valence-corrected chi connectivity index (χ0v) is 15.6. The van der Waals surface area contributed by atoms with Crippen molar-refractivity contribution in [3.63, 3.8) is 0 Å². The molecule has 2 aliphatic heterocycles. The fourth-order valence-electron chi connectivity index (χ4n) is 3.84. The lowest BCUT2D eigenvalue weighted by molar-refractivity contribution is 0.0913. The van der Waals surface area contributed by atoms with E-state index in [-0.39, 0.29) is 5.91 Å². The highest BCUT2D eigenvalue weighted by molar-refractivity contribution is 6.04. The lowest BCUT2D eigenvalue weighted by Crippen LogP contribution is -2.53. The highest BCUT2D eigenvalue weighted by Crippen LogP contribution is 2.42. The molecule has 0 spiro atoms. The van der Waals surface area contributed by atoms with Crippen molar-refractivity contribution >= 4 is 11.6 Å². The third kappa shape index (κ3) is 3.68. The fourth-order valence-corrected chi connectivity index (χ4v) is 3.84. The fraction of sp³-hybridized carbons (Fsp3) is 0.632. The van der Waals surface area contributed by atoms with Crippen LogP contribution in [0.3, 0.4) is 0 Å². The summed E-state index contributed by atoms with van der Waals surface area (Å²) in [6.45, 7) is 6.10. The van der Waals surface area contributed by atoms with Crippen LogP contribution in [0.25, 0.3) is 0 Å². The third-order valence-electron chi connectivity index (χ3n) is 5.14. The number of anilines is 1. The average molecular weight is 347 g/mol. The number of hydrogen-bond acceptors (Lipinski definition) is 5. The molecule has 0 bridgehead atoms. The van der Waals surface area contributed by atoms with E-state index in [1.807, 2.05) is 13.8 Å². The van der Waals surface area contributed by atoms with Gasteiger partial charge in [-0.1, -0.05) is 0 Å². The van der Waals surface area contributed by atoms with Crippen LogP contribution >= 0.6 is 0 Å². The van der Waals surface area contributed by atoms with Crippen LogP contribution in [0, 0.1) is 5.92 Å². The first-order valence-electron chi connectivity index (χ1n) is 9.04. The minimum Gasteiger partial charge on any atom is -0.493 e. The number of benzene rings is 1. The second kappa shape index (κ2) is 7.12. The summed E-state index contributed by atoms with van der Waals surface area (Å²) in [7, 11) is 3.27. The second-order valence-electron chi connectivity index (χ2n) is 7.45. The number of ether oxygens (including phenoxy) is 2. The number of amides is 1. The Bertz CT molecular complexity index is 652. The van der Waals surface area contributed by atoms with Crippen molar-refractivity contribution in [1.82, 2.24) is 10.6 Å². The molecule has 138 valence electrons. The summed E-state index contributed by atoms with van der Waals surface area (Å²) in [5.74, 6) is 1.97. The van der Waals surface area contributed by atoms with E-state index in [1.54, 1.807) is 20.3 Å². The van der Waals surface area contributed by atoms with Gasteiger partial charge in [0.25, 0.3) is 5.91 Å². The molecule has 0 unspecified atom stereocenters. The SMILES string of the molecule is COc1cc2c(c(CCC3CCNCC3)c1OC)NC(C)(C)NC2=O. The summed E-state index contributed by atoms with van der Waals surface area (Å²) in [5, 5.41) is 9.86. The Balaban J connectivity index is 1.98. The van der Waals surface area contributed by atoms with E-state index in [9.17, 15) is 4.79 Å². The normalized spacial score (nSPS) is 19.6. The Morgan fingerprint density at radius 3 is 2.52 bits per heavy atom. The molecule has 1 aromatic rings. The van der Waals surface area contributed by atoms with Crippen LogP contribution in [0.5, 0.6) is 11.5 Å². The standard InChI is InChI=1S/C19H29N3O3/c1-19(2)21-16-13(6-5-12-7-9-20-10-8-12)17(25-4)15(24-3)11-14(16)18(23)22-19/h11-12,20-21H,5-10H2,1-4H3,(H,22,23). The van der Waals surface area contributed by atoms with E-state index in [4.69, 9.17) is 9.47 Å². The second-order valence-corrected chi connectivity index (χ2v) is 7.45. The van der Waals surface area contributed by atoms with Crippen LogP contribution in [0.1, 0.15) is 49.0 Å². The molecule has 3 rings (SSSR count). The van der Waals surface area contributed by atoms with Gasteiger partial charge >= 0.3 is 0 Å². The van der Waals surface area contributed by atoms with Crippen molar-refractivity contribution < 1.29 is 14.3 Å². The quantitative estimate of drug-likeness (QED) is 0.763. The Kier molecular flexibility index (Phi) is 5.08. The molecule has 1 fully saturated rings. The van der Waals surface area contributed by atoms with Crippen molar-refractivity contribution in [1.29, 1.82) is 0 Å². The summed E-state index contributed by atoms with van der Waals surface area (Å²) in [4.78, 5) is 12.6. The Hall–Kier alpha value is -1.95. The number of hydrogen-bond donors (Lipinski definition) is 3. The maximum Gasteiger partial charge on any atom is 0.255 e. The number of carbonyl (C=O) groups excluding carboxylic acids is 1. The van der Waals surface area contributed by atoms with Gasteiger partial charge in [-0.2, -0.15) is 0 Å². The zero-order chi connectivity index (χ0) is 18.0. The molecular formula is C19H29N3O3. The van der Waals surface area contributed by atoms with Gasteiger partial charge < -0.3 is 25.4 Å². The highest BCUT2D eigenvalue weighted by atomic mass is 16.5. The lowest BCUT2D eigenvalue weighted by atomic mass is 9.89. The highest BCUT2D eigenvalue weighted by Gasteiger charge is 2.33. The molecule has 1 aromatic carbocycles. The topological polar surface area (TPSA) is 71.6 Å². The van der Waals surface area contributed by atoms with Gasteiger partial charge in [-0.15, -0.1) is 0 Å². The van der Waals surface area contributed by atoms with E-state index in [0.717, 1.165) is 42.9 Å². The van der Waals surface area contributed by atoms with E-state index < -0.39 is 5.66 Å². The van der Waals surface area contributed by atoms with Crippen LogP contribution in [-0.4, -0.2) is 38.9 Å². The van der Waals surface area contributed by atoms with Crippen LogP contribution in [0.15, 0.2) is 6.07 Å². The first-order chi connectivity index (χ1) is 11.9. The smallest absolute Gasteiger partial charge is 0.255 e. The molecule has 2 heterocycles. The van der Waals surface area contributed by atoms with E-state index in [2.05, 4.69) is 16.0 Å². The number of nitrogens with one attached hydrogen (secondary N) is 3. The molecule has 0 aliphatic carbocycles. The molecule has 2 aliphatic rings. The monoisotopic (exact) mass is 347 g/mol. The van der Waals surface area contributed by atoms with Crippen LogP contribution in [-0.2, 0) is 6.42 Å². The first-order valence-corrected chi connectivity index (χ1v) is 9.04. The predicted octanol–water partition coefficient (Wildman–Crippen LogP) is 2.53. The summed E-state index contributed by atoms with van der Waals surface area (Å²) >= 11 is 0. The molecule has 0 aromatic heterocycles. The Morgan fingerprint density at radius 1 is 1.16 bits per heavy atom. The number of piperidine rings is 1. The predicted molar refractivity (Wildman–Crippen MR) is 98.6 cm³/mol. The van der Waals surface area contributed by atoms with Gasteiger partial charge in [0.1, 0.15) is 5.66 Å². The molecule has 6 heteroatoms. The Labute approximate surface area is 149 Å². The summed E-state index contributed by atoms with van der Waals surface area (Å²) < 4.78 is 11.2. The molecule has 0 atom stereocenters. The molecule has 6 nitrogen and oxygen atoms in total. The molecular weight excluding hydrogens is 318 g/mol. The molecule has 1 amide bonds. The van der Waals surface area contributed by atoms with Gasteiger partial charge in [-0.05, 0) is 64.6 Å². The molecule has 1 saturated heterocycles.